The maximum absolute atomic E-state index is 12.6. The molecule has 1 amide bonds. The molecule has 3 rings (SSSR count). The molecule has 0 radical (unpaired) electrons. The number of hydrogen-bond donors (Lipinski definition) is 2. The van der Waals surface area contributed by atoms with Gasteiger partial charge in [-0.1, -0.05) is 18.2 Å². The van der Waals surface area contributed by atoms with Crippen molar-refractivity contribution in [3.05, 3.63) is 59.7 Å². The molecule has 0 unspecified atom stereocenters. The van der Waals surface area contributed by atoms with E-state index in [0.717, 1.165) is 11.5 Å². The van der Waals surface area contributed by atoms with E-state index in [-0.39, 0.29) is 10.8 Å². The second-order valence-corrected chi connectivity index (χ2v) is 10.9. The van der Waals surface area contributed by atoms with Gasteiger partial charge in [0.2, 0.25) is 10.0 Å². The quantitative estimate of drug-likeness (QED) is 0.604. The first kappa shape index (κ1) is 22.7. The number of methoxy groups -OCH3 is 1. The minimum atomic E-state index is -3.91. The average molecular weight is 467 g/mol. The lowest BCUT2D eigenvalue weighted by atomic mass is 10.1. The number of anilines is 1. The monoisotopic (exact) mass is 466 g/mol. The van der Waals surface area contributed by atoms with Crippen molar-refractivity contribution in [1.29, 1.82) is 0 Å². The Morgan fingerprint density at radius 3 is 2.47 bits per heavy atom. The van der Waals surface area contributed by atoms with E-state index in [0.29, 0.717) is 15.8 Å². The standard InChI is InChI=1S/C20H22N2O5S3/c1-27-18(23)13-21-30(25,26)17-5-2-4-16(12-17)22-19(24)14-6-8-15(9-7-14)20-28-10-3-11-29-20/h2,4-9,12,20-21H,3,10-11,13H2,1H3,(H,22,24). The van der Waals surface area contributed by atoms with Crippen LogP contribution in [0.25, 0.3) is 0 Å². The third-order valence-electron chi connectivity index (χ3n) is 4.31. The smallest absolute Gasteiger partial charge is 0.320 e. The van der Waals surface area contributed by atoms with Crippen molar-refractivity contribution in [3.63, 3.8) is 0 Å². The Labute approximate surface area is 184 Å². The lowest BCUT2D eigenvalue weighted by molar-refractivity contribution is -0.139. The minimum absolute atomic E-state index is 0.0640. The molecule has 0 atom stereocenters. The van der Waals surface area contributed by atoms with Gasteiger partial charge in [0.05, 0.1) is 16.6 Å². The fourth-order valence-electron chi connectivity index (χ4n) is 2.73. The fourth-order valence-corrected chi connectivity index (χ4v) is 6.63. The summed E-state index contributed by atoms with van der Waals surface area (Å²) in [5.41, 5.74) is 2.01. The summed E-state index contributed by atoms with van der Waals surface area (Å²) in [5, 5.41) is 2.71. The molecule has 1 aliphatic heterocycles. The van der Waals surface area contributed by atoms with Crippen molar-refractivity contribution in [2.24, 2.45) is 0 Å². The molecule has 30 heavy (non-hydrogen) atoms. The van der Waals surface area contributed by atoms with Gasteiger partial charge in [-0.25, -0.2) is 8.42 Å². The Balaban J connectivity index is 1.66. The van der Waals surface area contributed by atoms with E-state index in [9.17, 15) is 18.0 Å². The number of carbonyl (C=O) groups is 2. The third-order valence-corrected chi connectivity index (χ3v) is 8.72. The Kier molecular flexibility index (Phi) is 7.81. The summed E-state index contributed by atoms with van der Waals surface area (Å²) in [7, 11) is -2.74. The highest BCUT2D eigenvalue weighted by Crippen LogP contribution is 2.43. The van der Waals surface area contributed by atoms with Gasteiger partial charge in [-0.2, -0.15) is 4.72 Å². The Morgan fingerprint density at radius 1 is 1.10 bits per heavy atom. The molecule has 7 nitrogen and oxygen atoms in total. The van der Waals surface area contributed by atoms with E-state index < -0.39 is 22.5 Å². The first-order chi connectivity index (χ1) is 14.4. The van der Waals surface area contributed by atoms with Gasteiger partial charge in [0.25, 0.3) is 5.91 Å². The highest BCUT2D eigenvalue weighted by Gasteiger charge is 2.18. The third kappa shape index (κ3) is 6.00. The Bertz CT molecular complexity index is 1000. The van der Waals surface area contributed by atoms with Crippen LogP contribution in [-0.2, 0) is 19.6 Å². The number of carbonyl (C=O) groups excluding carboxylic acids is 2. The van der Waals surface area contributed by atoms with Crippen LogP contribution in [0.4, 0.5) is 5.69 Å². The summed E-state index contributed by atoms with van der Waals surface area (Å²) in [6.45, 7) is -0.473. The summed E-state index contributed by atoms with van der Waals surface area (Å²) in [6.07, 6.45) is 1.22. The van der Waals surface area contributed by atoms with Crippen molar-refractivity contribution >= 4 is 51.1 Å². The van der Waals surface area contributed by atoms with E-state index in [1.54, 1.807) is 18.2 Å². The van der Waals surface area contributed by atoms with Crippen molar-refractivity contribution < 1.29 is 22.7 Å². The number of amides is 1. The second kappa shape index (κ2) is 10.3. The second-order valence-electron chi connectivity index (χ2n) is 6.43. The Hall–Kier alpha value is -2.01. The number of ether oxygens (including phenoxy) is 1. The van der Waals surface area contributed by atoms with Crippen LogP contribution in [-0.4, -0.2) is 45.5 Å². The van der Waals surface area contributed by atoms with Crippen molar-refractivity contribution in [2.45, 2.75) is 15.9 Å². The zero-order chi connectivity index (χ0) is 21.6. The van der Waals surface area contributed by atoms with Crippen LogP contribution in [0.2, 0.25) is 0 Å². The van der Waals surface area contributed by atoms with E-state index in [1.165, 1.54) is 37.3 Å². The fraction of sp³-hybridized carbons (Fsp3) is 0.300. The first-order valence-electron chi connectivity index (χ1n) is 9.20. The zero-order valence-electron chi connectivity index (χ0n) is 16.3. The highest BCUT2D eigenvalue weighted by molar-refractivity contribution is 8.16. The maximum Gasteiger partial charge on any atom is 0.320 e. The summed E-state index contributed by atoms with van der Waals surface area (Å²) in [5.74, 6) is 1.26. The highest BCUT2D eigenvalue weighted by atomic mass is 32.2. The molecule has 0 aromatic heterocycles. The number of thioether (sulfide) groups is 2. The number of rotatable bonds is 7. The van der Waals surface area contributed by atoms with Gasteiger partial charge in [0.1, 0.15) is 6.54 Å². The molecule has 2 N–H and O–H groups in total. The van der Waals surface area contributed by atoms with Gasteiger partial charge in [-0.15, -0.1) is 23.5 Å². The van der Waals surface area contributed by atoms with Crippen molar-refractivity contribution in [2.75, 3.05) is 30.5 Å². The van der Waals surface area contributed by atoms with Crippen molar-refractivity contribution in [3.8, 4) is 0 Å². The number of sulfonamides is 1. The molecule has 1 saturated heterocycles. The summed E-state index contributed by atoms with van der Waals surface area (Å²) in [4.78, 5) is 23.7. The van der Waals surface area contributed by atoms with E-state index in [1.807, 2.05) is 35.7 Å². The SMILES string of the molecule is COC(=O)CNS(=O)(=O)c1cccc(NC(=O)c2ccc(C3SCCCS3)cc2)c1. The first-order valence-corrected chi connectivity index (χ1v) is 12.8. The number of esters is 1. The number of hydrogen-bond acceptors (Lipinski definition) is 7. The van der Waals surface area contributed by atoms with Crippen LogP contribution < -0.4 is 10.0 Å². The predicted octanol–water partition coefficient (Wildman–Crippen LogP) is 3.26. The summed E-state index contributed by atoms with van der Waals surface area (Å²) in [6, 6.07) is 13.3. The van der Waals surface area contributed by atoms with Gasteiger partial charge < -0.3 is 10.1 Å². The molecule has 2 aromatic carbocycles. The van der Waals surface area contributed by atoms with Gasteiger partial charge in [0, 0.05) is 11.3 Å². The Morgan fingerprint density at radius 2 is 1.80 bits per heavy atom. The molecule has 1 aliphatic rings. The van der Waals surface area contributed by atoms with Gasteiger partial charge >= 0.3 is 5.97 Å². The minimum Gasteiger partial charge on any atom is -0.468 e. The predicted molar refractivity (Wildman–Crippen MR) is 120 cm³/mol. The van der Waals surface area contributed by atoms with Crippen LogP contribution in [0.3, 0.4) is 0 Å². The molecule has 0 saturated carbocycles. The van der Waals surface area contributed by atoms with Crippen LogP contribution in [0, 0.1) is 0 Å². The van der Waals surface area contributed by atoms with Crippen LogP contribution in [0.5, 0.6) is 0 Å². The van der Waals surface area contributed by atoms with E-state index >= 15 is 0 Å². The van der Waals surface area contributed by atoms with Crippen LogP contribution in [0.1, 0.15) is 26.9 Å². The molecule has 160 valence electrons. The van der Waals surface area contributed by atoms with E-state index in [4.69, 9.17) is 0 Å². The van der Waals surface area contributed by atoms with Crippen LogP contribution in [0.15, 0.2) is 53.4 Å². The maximum atomic E-state index is 12.6. The molecule has 0 bridgehead atoms. The van der Waals surface area contributed by atoms with Gasteiger partial charge in [0.15, 0.2) is 0 Å². The van der Waals surface area contributed by atoms with Crippen molar-refractivity contribution in [1.82, 2.24) is 4.72 Å². The number of benzene rings is 2. The molecule has 0 spiro atoms. The topological polar surface area (TPSA) is 102 Å². The van der Waals surface area contributed by atoms with Gasteiger partial charge in [-0.05, 0) is 53.8 Å². The zero-order valence-corrected chi connectivity index (χ0v) is 18.7. The molecular weight excluding hydrogens is 444 g/mol. The summed E-state index contributed by atoms with van der Waals surface area (Å²) < 4.78 is 31.6. The molecule has 10 heteroatoms. The van der Waals surface area contributed by atoms with Gasteiger partial charge in [-0.3, -0.25) is 9.59 Å². The van der Waals surface area contributed by atoms with E-state index in [2.05, 4.69) is 14.8 Å². The van der Waals surface area contributed by atoms with Crippen LogP contribution >= 0.6 is 23.5 Å². The molecule has 2 aromatic rings. The average Bonchev–Trinajstić information content (AvgIpc) is 2.78. The molecule has 1 heterocycles. The molecular formula is C20H22N2O5S3. The molecule has 0 aliphatic carbocycles. The lowest BCUT2D eigenvalue weighted by Gasteiger charge is -2.21. The molecule has 1 fully saturated rings. The number of nitrogens with one attached hydrogen (secondary N) is 2. The normalized spacial score (nSPS) is 14.8. The largest absolute Gasteiger partial charge is 0.468 e. The lowest BCUT2D eigenvalue weighted by Crippen LogP contribution is -2.30. The summed E-state index contributed by atoms with van der Waals surface area (Å²) >= 11 is 3.83.